The zero-order valence-corrected chi connectivity index (χ0v) is 10.8. The predicted molar refractivity (Wildman–Crippen MR) is 69.2 cm³/mol. The van der Waals surface area contributed by atoms with Crippen molar-refractivity contribution >= 4 is 34.5 Å². The van der Waals surface area contributed by atoms with Crippen molar-refractivity contribution < 1.29 is 9.53 Å². The van der Waals surface area contributed by atoms with E-state index in [9.17, 15) is 4.79 Å². The van der Waals surface area contributed by atoms with E-state index in [2.05, 4.69) is 5.32 Å². The van der Waals surface area contributed by atoms with Crippen molar-refractivity contribution in [3.63, 3.8) is 0 Å². The third kappa shape index (κ3) is 3.46. The lowest BCUT2D eigenvalue weighted by atomic mass is 10.2. The van der Waals surface area contributed by atoms with E-state index < -0.39 is 0 Å². The van der Waals surface area contributed by atoms with Crippen LogP contribution in [0.4, 0.5) is 0 Å². The highest BCUT2D eigenvalue weighted by atomic mass is 32.1. The summed E-state index contributed by atoms with van der Waals surface area (Å²) in [5.41, 5.74) is 5.40. The van der Waals surface area contributed by atoms with Crippen LogP contribution in [-0.4, -0.2) is 24.0 Å². The third-order valence-electron chi connectivity index (χ3n) is 1.94. The van der Waals surface area contributed by atoms with Gasteiger partial charge in [0.15, 0.2) is 0 Å². The number of nitrogens with one attached hydrogen (secondary N) is 1. The average molecular weight is 258 g/mol. The normalized spacial score (nSPS) is 11.9. The number of thiophene rings is 1. The van der Waals surface area contributed by atoms with Crippen molar-refractivity contribution in [3.8, 4) is 5.75 Å². The molecule has 88 valence electrons. The first-order chi connectivity index (χ1) is 7.54. The number of methoxy groups -OCH3 is 1. The van der Waals surface area contributed by atoms with Crippen LogP contribution >= 0.6 is 23.6 Å². The van der Waals surface area contributed by atoms with E-state index in [1.807, 2.05) is 12.3 Å². The van der Waals surface area contributed by atoms with Crippen LogP contribution in [0.15, 0.2) is 11.4 Å². The smallest absolute Gasteiger partial charge is 0.265 e. The Morgan fingerprint density at radius 3 is 3.00 bits per heavy atom. The van der Waals surface area contributed by atoms with Crippen molar-refractivity contribution in [2.24, 2.45) is 5.73 Å². The molecule has 6 heteroatoms. The summed E-state index contributed by atoms with van der Waals surface area (Å²) in [7, 11) is 1.54. The molecule has 16 heavy (non-hydrogen) atoms. The van der Waals surface area contributed by atoms with Gasteiger partial charge >= 0.3 is 0 Å². The minimum atomic E-state index is -0.157. The van der Waals surface area contributed by atoms with Gasteiger partial charge in [-0.15, -0.1) is 11.3 Å². The lowest BCUT2D eigenvalue weighted by molar-refractivity contribution is 0.0943. The minimum absolute atomic E-state index is 0.0724. The van der Waals surface area contributed by atoms with E-state index in [-0.39, 0.29) is 11.9 Å². The van der Waals surface area contributed by atoms with E-state index in [0.29, 0.717) is 22.0 Å². The largest absolute Gasteiger partial charge is 0.495 e. The Balaban J connectivity index is 2.62. The molecule has 1 rings (SSSR count). The summed E-state index contributed by atoms with van der Waals surface area (Å²) in [4.78, 5) is 12.8. The monoisotopic (exact) mass is 258 g/mol. The molecule has 0 saturated heterocycles. The number of thiocarbonyl (C=S) groups is 1. The fourth-order valence-corrected chi connectivity index (χ4v) is 2.28. The molecule has 0 spiro atoms. The molecule has 1 amide bonds. The summed E-state index contributed by atoms with van der Waals surface area (Å²) < 4.78 is 5.07. The Hall–Kier alpha value is -1.14. The number of rotatable bonds is 5. The number of hydrogen-bond donors (Lipinski definition) is 2. The molecule has 0 saturated carbocycles. The number of amides is 1. The van der Waals surface area contributed by atoms with Crippen LogP contribution in [0.3, 0.4) is 0 Å². The first kappa shape index (κ1) is 12.9. The molecule has 0 aliphatic carbocycles. The first-order valence-corrected chi connectivity index (χ1v) is 6.04. The van der Waals surface area contributed by atoms with Crippen LogP contribution in [0.2, 0.25) is 0 Å². The molecule has 0 fully saturated rings. The minimum Gasteiger partial charge on any atom is -0.495 e. The zero-order valence-electron chi connectivity index (χ0n) is 9.15. The fraction of sp³-hybridized carbons (Fsp3) is 0.400. The molecule has 0 bridgehead atoms. The zero-order chi connectivity index (χ0) is 12.1. The first-order valence-electron chi connectivity index (χ1n) is 4.75. The van der Waals surface area contributed by atoms with Gasteiger partial charge in [-0.2, -0.15) is 0 Å². The SMILES string of the molecule is COc1ccsc1C(=O)NC(C)CC(N)=S. The van der Waals surface area contributed by atoms with Crippen LogP contribution in [0.25, 0.3) is 0 Å². The van der Waals surface area contributed by atoms with Crippen LogP contribution in [0, 0.1) is 0 Å². The number of carbonyl (C=O) groups excluding carboxylic acids is 1. The highest BCUT2D eigenvalue weighted by Crippen LogP contribution is 2.24. The van der Waals surface area contributed by atoms with Gasteiger partial charge in [-0.1, -0.05) is 12.2 Å². The van der Waals surface area contributed by atoms with Gasteiger partial charge in [0.2, 0.25) is 0 Å². The van der Waals surface area contributed by atoms with Gasteiger partial charge in [0.05, 0.1) is 12.1 Å². The Labute approximate surface area is 104 Å². The molecule has 0 aliphatic heterocycles. The topological polar surface area (TPSA) is 64.3 Å². The second kappa shape index (κ2) is 5.81. The number of hydrogen-bond acceptors (Lipinski definition) is 4. The van der Waals surface area contributed by atoms with E-state index >= 15 is 0 Å². The van der Waals surface area contributed by atoms with E-state index in [1.54, 1.807) is 6.07 Å². The van der Waals surface area contributed by atoms with Crippen LogP contribution < -0.4 is 15.8 Å². The van der Waals surface area contributed by atoms with Crippen molar-refractivity contribution in [2.45, 2.75) is 19.4 Å². The summed E-state index contributed by atoms with van der Waals surface area (Å²) >= 11 is 6.12. The molecule has 4 nitrogen and oxygen atoms in total. The summed E-state index contributed by atoms with van der Waals surface area (Å²) in [6, 6.07) is 1.69. The van der Waals surface area contributed by atoms with Gasteiger partial charge < -0.3 is 15.8 Å². The van der Waals surface area contributed by atoms with Crippen LogP contribution in [0.5, 0.6) is 5.75 Å². The van der Waals surface area contributed by atoms with E-state index in [0.717, 1.165) is 0 Å². The second-order valence-electron chi connectivity index (χ2n) is 3.36. The van der Waals surface area contributed by atoms with Gasteiger partial charge in [-0.25, -0.2) is 0 Å². The highest BCUT2D eigenvalue weighted by Gasteiger charge is 2.16. The Morgan fingerprint density at radius 2 is 2.44 bits per heavy atom. The maximum atomic E-state index is 11.8. The molecular formula is C10H14N2O2S2. The van der Waals surface area contributed by atoms with Crippen LogP contribution in [-0.2, 0) is 0 Å². The molecule has 1 unspecified atom stereocenters. The quantitative estimate of drug-likeness (QED) is 0.787. The number of nitrogens with two attached hydrogens (primary N) is 1. The van der Waals surface area contributed by atoms with E-state index in [1.165, 1.54) is 18.4 Å². The molecule has 1 aromatic rings. The van der Waals surface area contributed by atoms with Crippen molar-refractivity contribution in [1.82, 2.24) is 5.32 Å². The van der Waals surface area contributed by atoms with Gasteiger partial charge in [-0.3, -0.25) is 4.79 Å². The summed E-state index contributed by atoms with van der Waals surface area (Å²) in [6.45, 7) is 1.86. The maximum absolute atomic E-state index is 11.8. The molecule has 0 radical (unpaired) electrons. The van der Waals surface area contributed by atoms with Crippen molar-refractivity contribution in [2.75, 3.05) is 7.11 Å². The van der Waals surface area contributed by atoms with E-state index in [4.69, 9.17) is 22.7 Å². The van der Waals surface area contributed by atoms with Gasteiger partial charge in [0.25, 0.3) is 5.91 Å². The molecule has 1 heterocycles. The molecular weight excluding hydrogens is 244 g/mol. The third-order valence-corrected chi connectivity index (χ3v) is 3.00. The lowest BCUT2D eigenvalue weighted by Gasteiger charge is -2.12. The Morgan fingerprint density at radius 1 is 1.75 bits per heavy atom. The lowest BCUT2D eigenvalue weighted by Crippen LogP contribution is -2.35. The van der Waals surface area contributed by atoms with Gasteiger partial charge in [0, 0.05) is 12.5 Å². The highest BCUT2D eigenvalue weighted by molar-refractivity contribution is 7.80. The number of carbonyl (C=O) groups is 1. The molecule has 1 aromatic heterocycles. The maximum Gasteiger partial charge on any atom is 0.265 e. The fourth-order valence-electron chi connectivity index (χ4n) is 1.27. The summed E-state index contributed by atoms with van der Waals surface area (Å²) in [5, 5.41) is 4.62. The molecule has 1 atom stereocenters. The van der Waals surface area contributed by atoms with Gasteiger partial charge in [0.1, 0.15) is 10.6 Å². The molecule has 0 aromatic carbocycles. The Kier molecular flexibility index (Phi) is 4.70. The Bertz CT molecular complexity index is 390. The average Bonchev–Trinajstić information content (AvgIpc) is 2.63. The predicted octanol–water partition coefficient (Wildman–Crippen LogP) is 1.55. The molecule has 3 N–H and O–H groups in total. The van der Waals surface area contributed by atoms with Gasteiger partial charge in [-0.05, 0) is 18.4 Å². The molecule has 0 aliphatic rings. The van der Waals surface area contributed by atoms with Crippen molar-refractivity contribution in [1.29, 1.82) is 0 Å². The number of ether oxygens (including phenoxy) is 1. The summed E-state index contributed by atoms with van der Waals surface area (Å²) in [6.07, 6.45) is 0.495. The summed E-state index contributed by atoms with van der Waals surface area (Å²) in [5.74, 6) is 0.431. The van der Waals surface area contributed by atoms with Crippen molar-refractivity contribution in [3.05, 3.63) is 16.3 Å². The van der Waals surface area contributed by atoms with Crippen LogP contribution in [0.1, 0.15) is 23.0 Å². The standard InChI is InChI=1S/C10H14N2O2S2/c1-6(5-8(11)15)12-10(13)9-7(14-2)3-4-16-9/h3-4,6H,5H2,1-2H3,(H2,11,15)(H,12,13). The second-order valence-corrected chi connectivity index (χ2v) is 4.80.